The normalized spacial score (nSPS) is 10.4. The summed E-state index contributed by atoms with van der Waals surface area (Å²) >= 11 is 3.07. The summed E-state index contributed by atoms with van der Waals surface area (Å²) in [5.74, 6) is -0.343. The van der Waals surface area contributed by atoms with Gasteiger partial charge in [0.2, 0.25) is 0 Å². The second-order valence-corrected chi connectivity index (χ2v) is 3.46. The van der Waals surface area contributed by atoms with Gasteiger partial charge >= 0.3 is 6.61 Å². The van der Waals surface area contributed by atoms with Crippen LogP contribution in [0, 0.1) is 10.1 Å². The molecular weight excluding hydrogens is 304 g/mol. The number of benzene rings is 1. The Labute approximate surface area is 104 Å². The van der Waals surface area contributed by atoms with Crippen molar-refractivity contribution in [2.24, 2.45) is 0 Å². The molecule has 8 heteroatoms. The zero-order chi connectivity index (χ0) is 13.0. The Morgan fingerprint density at radius 2 is 2.12 bits per heavy atom. The summed E-state index contributed by atoms with van der Waals surface area (Å²) in [6.07, 6.45) is 0. The molecule has 1 rings (SSSR count). The van der Waals surface area contributed by atoms with E-state index in [1.807, 2.05) is 0 Å². The van der Waals surface area contributed by atoms with Gasteiger partial charge in [0, 0.05) is 10.9 Å². The molecule has 0 aromatic heterocycles. The van der Waals surface area contributed by atoms with E-state index in [0.29, 0.717) is 5.56 Å². The molecule has 94 valence electrons. The first-order chi connectivity index (χ1) is 7.99. The number of nitro benzene ring substituents is 1. The van der Waals surface area contributed by atoms with Crippen molar-refractivity contribution in [3.63, 3.8) is 0 Å². The van der Waals surface area contributed by atoms with Crippen molar-refractivity contribution in [2.75, 3.05) is 7.11 Å². The molecule has 0 N–H and O–H groups in total. The van der Waals surface area contributed by atoms with Gasteiger partial charge < -0.3 is 9.47 Å². The standard InChI is InChI=1S/C9H8BrF2NO4/c1-16-7-2-5(4-10)6(13(14)15)3-8(7)17-9(11)12/h2-3,9H,4H2,1H3. The van der Waals surface area contributed by atoms with Gasteiger partial charge in [-0.15, -0.1) is 0 Å². The van der Waals surface area contributed by atoms with Gasteiger partial charge in [-0.05, 0) is 6.07 Å². The van der Waals surface area contributed by atoms with Crippen LogP contribution in [0.25, 0.3) is 0 Å². The van der Waals surface area contributed by atoms with Crippen molar-refractivity contribution in [3.05, 3.63) is 27.8 Å². The summed E-state index contributed by atoms with van der Waals surface area (Å²) in [7, 11) is 1.26. The molecule has 5 nitrogen and oxygen atoms in total. The molecule has 0 aliphatic rings. The maximum atomic E-state index is 12.1. The van der Waals surface area contributed by atoms with Crippen LogP contribution < -0.4 is 9.47 Å². The van der Waals surface area contributed by atoms with Crippen molar-refractivity contribution in [3.8, 4) is 11.5 Å². The van der Waals surface area contributed by atoms with E-state index in [4.69, 9.17) is 4.74 Å². The van der Waals surface area contributed by atoms with E-state index in [1.165, 1.54) is 13.2 Å². The highest BCUT2D eigenvalue weighted by atomic mass is 79.9. The lowest BCUT2D eigenvalue weighted by Gasteiger charge is -2.11. The Kier molecular flexibility index (Phi) is 4.62. The van der Waals surface area contributed by atoms with E-state index < -0.39 is 11.5 Å². The van der Waals surface area contributed by atoms with Gasteiger partial charge in [-0.1, -0.05) is 15.9 Å². The number of nitro groups is 1. The lowest BCUT2D eigenvalue weighted by molar-refractivity contribution is -0.385. The third kappa shape index (κ3) is 3.26. The van der Waals surface area contributed by atoms with Crippen LogP contribution in [-0.4, -0.2) is 18.6 Å². The van der Waals surface area contributed by atoms with Gasteiger partial charge in [-0.25, -0.2) is 0 Å². The van der Waals surface area contributed by atoms with Gasteiger partial charge in [0.1, 0.15) is 0 Å². The number of ether oxygens (including phenoxy) is 2. The maximum Gasteiger partial charge on any atom is 0.387 e. The molecule has 0 saturated carbocycles. The summed E-state index contributed by atoms with van der Waals surface area (Å²) in [6, 6.07) is 2.20. The van der Waals surface area contributed by atoms with E-state index in [2.05, 4.69) is 20.7 Å². The van der Waals surface area contributed by atoms with Crippen molar-refractivity contribution < 1.29 is 23.2 Å². The minimum atomic E-state index is -3.07. The molecule has 0 bridgehead atoms. The van der Waals surface area contributed by atoms with Crippen LogP contribution in [0.15, 0.2) is 12.1 Å². The van der Waals surface area contributed by atoms with Gasteiger partial charge in [0.25, 0.3) is 5.69 Å². The van der Waals surface area contributed by atoms with Crippen molar-refractivity contribution >= 4 is 21.6 Å². The third-order valence-electron chi connectivity index (χ3n) is 1.92. The smallest absolute Gasteiger partial charge is 0.387 e. The quantitative estimate of drug-likeness (QED) is 0.476. The van der Waals surface area contributed by atoms with Crippen molar-refractivity contribution in [1.82, 2.24) is 0 Å². The average Bonchev–Trinajstić information content (AvgIpc) is 2.27. The van der Waals surface area contributed by atoms with Crippen molar-refractivity contribution in [1.29, 1.82) is 0 Å². The van der Waals surface area contributed by atoms with Crippen LogP contribution in [-0.2, 0) is 5.33 Å². The van der Waals surface area contributed by atoms with Crippen molar-refractivity contribution in [2.45, 2.75) is 11.9 Å². The second kappa shape index (κ2) is 5.76. The first kappa shape index (κ1) is 13.6. The van der Waals surface area contributed by atoms with Gasteiger partial charge in [0.15, 0.2) is 11.5 Å². The van der Waals surface area contributed by atoms with E-state index in [1.54, 1.807) is 0 Å². The molecule has 0 radical (unpaired) electrons. The lowest BCUT2D eigenvalue weighted by atomic mass is 10.2. The predicted molar refractivity (Wildman–Crippen MR) is 58.9 cm³/mol. The third-order valence-corrected chi connectivity index (χ3v) is 2.53. The summed E-state index contributed by atoms with van der Waals surface area (Å²) < 4.78 is 33.2. The first-order valence-corrected chi connectivity index (χ1v) is 5.47. The number of hydrogen-bond donors (Lipinski definition) is 0. The fourth-order valence-electron chi connectivity index (χ4n) is 1.22. The molecule has 0 atom stereocenters. The lowest BCUT2D eigenvalue weighted by Crippen LogP contribution is -2.05. The molecular formula is C9H8BrF2NO4. The second-order valence-electron chi connectivity index (χ2n) is 2.90. The monoisotopic (exact) mass is 311 g/mol. The molecule has 17 heavy (non-hydrogen) atoms. The molecule has 0 aliphatic heterocycles. The Morgan fingerprint density at radius 1 is 1.47 bits per heavy atom. The van der Waals surface area contributed by atoms with Gasteiger partial charge in [-0.3, -0.25) is 10.1 Å². The highest BCUT2D eigenvalue weighted by Gasteiger charge is 2.20. The van der Waals surface area contributed by atoms with Crippen LogP contribution in [0.1, 0.15) is 5.56 Å². The molecule has 0 saturated heterocycles. The number of hydrogen-bond acceptors (Lipinski definition) is 4. The van der Waals surface area contributed by atoms with E-state index >= 15 is 0 Å². The first-order valence-electron chi connectivity index (χ1n) is 4.35. The summed E-state index contributed by atoms with van der Waals surface area (Å²) in [6.45, 7) is -3.07. The minimum Gasteiger partial charge on any atom is -0.493 e. The predicted octanol–water partition coefficient (Wildman–Crippen LogP) is 3.10. The van der Waals surface area contributed by atoms with Crippen LogP contribution in [0.4, 0.5) is 14.5 Å². The summed E-state index contributed by atoms with van der Waals surface area (Å²) in [5.41, 5.74) is 0.00629. The summed E-state index contributed by atoms with van der Waals surface area (Å²) in [4.78, 5) is 10.0. The zero-order valence-electron chi connectivity index (χ0n) is 8.65. The largest absolute Gasteiger partial charge is 0.493 e. The van der Waals surface area contributed by atoms with Gasteiger partial charge in [-0.2, -0.15) is 8.78 Å². The number of methoxy groups -OCH3 is 1. The number of alkyl halides is 3. The molecule has 0 fully saturated rings. The molecule has 0 spiro atoms. The number of nitrogens with zero attached hydrogens (tertiary/aromatic N) is 1. The Morgan fingerprint density at radius 3 is 2.53 bits per heavy atom. The highest BCUT2D eigenvalue weighted by Crippen LogP contribution is 2.36. The van der Waals surface area contributed by atoms with E-state index in [9.17, 15) is 18.9 Å². The molecule has 0 heterocycles. The number of halogens is 3. The number of rotatable bonds is 5. The Hall–Kier alpha value is -1.44. The topological polar surface area (TPSA) is 61.6 Å². The van der Waals surface area contributed by atoms with Crippen LogP contribution in [0.2, 0.25) is 0 Å². The molecule has 1 aromatic carbocycles. The SMILES string of the molecule is COc1cc(CBr)c([N+](=O)[O-])cc1OC(F)F. The fourth-order valence-corrected chi connectivity index (χ4v) is 1.67. The molecule has 0 aliphatic carbocycles. The van der Waals surface area contributed by atoms with E-state index in [0.717, 1.165) is 6.07 Å². The van der Waals surface area contributed by atoms with Crippen LogP contribution >= 0.6 is 15.9 Å². The van der Waals surface area contributed by atoms with Crippen LogP contribution in [0.3, 0.4) is 0 Å². The zero-order valence-corrected chi connectivity index (χ0v) is 10.2. The van der Waals surface area contributed by atoms with Gasteiger partial charge in [0.05, 0.1) is 18.1 Å². The highest BCUT2D eigenvalue weighted by molar-refractivity contribution is 9.08. The maximum absolute atomic E-state index is 12.1. The molecule has 0 unspecified atom stereocenters. The molecule has 0 amide bonds. The average molecular weight is 312 g/mol. The van der Waals surface area contributed by atoms with Crippen LogP contribution in [0.5, 0.6) is 11.5 Å². The molecule has 1 aromatic rings. The Bertz CT molecular complexity index is 428. The fraction of sp³-hybridized carbons (Fsp3) is 0.333. The summed E-state index contributed by atoms with van der Waals surface area (Å²) in [5, 5.41) is 10.9. The Balaban J connectivity index is 3.28. The minimum absolute atomic E-state index is 0.0188. The van der Waals surface area contributed by atoms with E-state index in [-0.39, 0.29) is 22.5 Å².